The average Bonchev–Trinajstić information content (AvgIpc) is 2.69. The van der Waals surface area contributed by atoms with Crippen molar-refractivity contribution in [2.75, 3.05) is 6.61 Å². The summed E-state index contributed by atoms with van der Waals surface area (Å²) in [5.74, 6) is 2.07. The van der Waals surface area contributed by atoms with Crippen LogP contribution in [0.5, 0.6) is 0 Å². The topological polar surface area (TPSA) is 9.23 Å². The predicted octanol–water partition coefficient (Wildman–Crippen LogP) is 7.36. The molecule has 2 heteroatoms. The van der Waals surface area contributed by atoms with Gasteiger partial charge in [-0.15, -0.1) is 0 Å². The number of rotatable bonds is 4. The van der Waals surface area contributed by atoms with Gasteiger partial charge in [0.2, 0.25) is 0 Å². The molecule has 7 aliphatic rings. The zero-order chi connectivity index (χ0) is 18.8. The molecule has 0 N–H and O–H groups in total. The van der Waals surface area contributed by atoms with E-state index in [1.165, 1.54) is 64.2 Å². The van der Waals surface area contributed by atoms with Gasteiger partial charge in [0.15, 0.2) is 0 Å². The largest absolute Gasteiger partial charge is 0.374 e. The van der Waals surface area contributed by atoms with Crippen molar-refractivity contribution < 1.29 is 9.13 Å². The molecule has 7 rings (SSSR count). The van der Waals surface area contributed by atoms with Crippen molar-refractivity contribution in [2.24, 2.45) is 28.1 Å². The van der Waals surface area contributed by atoms with Gasteiger partial charge in [-0.1, -0.05) is 26.7 Å². The number of halogens is 1. The van der Waals surface area contributed by atoms with Crippen molar-refractivity contribution in [3.8, 4) is 0 Å². The number of allylic oxidation sites excluding steroid dienone is 1. The summed E-state index contributed by atoms with van der Waals surface area (Å²) in [6, 6.07) is 0. The van der Waals surface area contributed by atoms with E-state index < -0.39 is 0 Å². The maximum atomic E-state index is 14.9. The molecule has 1 nitrogen and oxygen atoms in total. The summed E-state index contributed by atoms with van der Waals surface area (Å²) in [5, 5.41) is 0. The van der Waals surface area contributed by atoms with E-state index >= 15 is 0 Å². The normalized spacial score (nSPS) is 52.0. The van der Waals surface area contributed by atoms with E-state index in [4.69, 9.17) is 4.74 Å². The van der Waals surface area contributed by atoms with E-state index in [1.807, 2.05) is 6.08 Å². The fourth-order valence-corrected chi connectivity index (χ4v) is 7.53. The number of ether oxygens (including phenoxy) is 1. The van der Waals surface area contributed by atoms with Gasteiger partial charge in [0.1, 0.15) is 5.83 Å². The van der Waals surface area contributed by atoms with Gasteiger partial charge in [0.25, 0.3) is 0 Å². The summed E-state index contributed by atoms with van der Waals surface area (Å²) in [6.07, 6.45) is 19.8. The van der Waals surface area contributed by atoms with Crippen LogP contribution in [0.15, 0.2) is 11.9 Å². The lowest BCUT2D eigenvalue weighted by Crippen LogP contribution is -2.52. The van der Waals surface area contributed by atoms with Gasteiger partial charge in [0, 0.05) is 5.41 Å². The first kappa shape index (κ1) is 18.6. The van der Waals surface area contributed by atoms with Crippen molar-refractivity contribution in [1.29, 1.82) is 0 Å². The van der Waals surface area contributed by atoms with E-state index in [-0.39, 0.29) is 22.3 Å². The number of fused-ring (bicyclic) bond motifs is 5. The molecule has 4 bridgehead atoms. The molecule has 0 unspecified atom stereocenters. The third-order valence-corrected chi connectivity index (χ3v) is 10.1. The van der Waals surface area contributed by atoms with Crippen molar-refractivity contribution in [1.82, 2.24) is 0 Å². The van der Waals surface area contributed by atoms with Crippen LogP contribution in [0.3, 0.4) is 0 Å². The summed E-state index contributed by atoms with van der Waals surface area (Å²) in [5.41, 5.74) is 0.554. The lowest BCUT2D eigenvalue weighted by molar-refractivity contribution is -0.174. The fraction of sp³-hybridized carbons (Fsp3) is 0.920. The van der Waals surface area contributed by atoms with Crippen LogP contribution in [0.25, 0.3) is 0 Å². The zero-order valence-corrected chi connectivity index (χ0v) is 17.6. The Hall–Kier alpha value is -0.370. The van der Waals surface area contributed by atoms with Gasteiger partial charge in [0.05, 0.1) is 12.2 Å². The second-order valence-electron chi connectivity index (χ2n) is 11.7. The molecule has 0 spiro atoms. The van der Waals surface area contributed by atoms with Gasteiger partial charge in [-0.25, -0.2) is 4.39 Å². The van der Waals surface area contributed by atoms with Crippen molar-refractivity contribution in [3.63, 3.8) is 0 Å². The lowest BCUT2D eigenvalue weighted by atomic mass is 9.51. The highest BCUT2D eigenvalue weighted by molar-refractivity contribution is 5.21. The van der Waals surface area contributed by atoms with Gasteiger partial charge >= 0.3 is 0 Å². The van der Waals surface area contributed by atoms with Gasteiger partial charge < -0.3 is 4.74 Å². The average molecular weight is 375 g/mol. The van der Waals surface area contributed by atoms with Crippen LogP contribution in [-0.2, 0) is 4.74 Å². The molecule has 27 heavy (non-hydrogen) atoms. The van der Waals surface area contributed by atoms with Crippen LogP contribution in [0.2, 0.25) is 0 Å². The first-order valence-corrected chi connectivity index (χ1v) is 11.9. The summed E-state index contributed by atoms with van der Waals surface area (Å²) < 4.78 is 21.6. The van der Waals surface area contributed by atoms with Crippen molar-refractivity contribution in [3.05, 3.63) is 11.9 Å². The molecule has 0 amide bonds. The minimum atomic E-state index is -0.280. The monoisotopic (exact) mass is 374 g/mol. The molecule has 0 aromatic heterocycles. The maximum Gasteiger partial charge on any atom is 0.105 e. The van der Waals surface area contributed by atoms with Crippen molar-refractivity contribution in [2.45, 2.75) is 109 Å². The molecule has 5 fully saturated rings. The van der Waals surface area contributed by atoms with Crippen LogP contribution in [0.1, 0.15) is 104 Å². The predicted molar refractivity (Wildman–Crippen MR) is 108 cm³/mol. The molecule has 0 aromatic rings. The lowest BCUT2D eigenvalue weighted by Gasteiger charge is -2.58. The standard InChI is InChI=1S/C25H39FO/c1-19-3-5-20(6-4-19)23-11-14-25(15-12-23,16-13-23)27-18-24-9-7-22(2,8-10-24)17-21(24)26/h17,19-20H,3-16,18H2,1-2H3. The van der Waals surface area contributed by atoms with Crippen LogP contribution >= 0.6 is 0 Å². The smallest absolute Gasteiger partial charge is 0.105 e. The van der Waals surface area contributed by atoms with Crippen molar-refractivity contribution >= 4 is 0 Å². The van der Waals surface area contributed by atoms with Crippen LogP contribution in [-0.4, -0.2) is 12.2 Å². The Labute approximate surface area is 165 Å². The summed E-state index contributed by atoms with van der Waals surface area (Å²) >= 11 is 0. The Kier molecular flexibility index (Phi) is 4.36. The summed E-state index contributed by atoms with van der Waals surface area (Å²) in [4.78, 5) is 0. The fourth-order valence-electron chi connectivity index (χ4n) is 7.53. The van der Waals surface area contributed by atoms with Gasteiger partial charge in [-0.3, -0.25) is 0 Å². The van der Waals surface area contributed by atoms with E-state index in [1.54, 1.807) is 0 Å². The zero-order valence-electron chi connectivity index (χ0n) is 17.6. The minimum Gasteiger partial charge on any atom is -0.374 e. The Balaban J connectivity index is 1.22. The molecule has 0 aromatic carbocycles. The SMILES string of the molecule is CC1CCC(C23CCC(OCC45CCC(C)(C=C4F)CC5)(CC2)CC3)CC1. The highest BCUT2D eigenvalue weighted by Gasteiger charge is 2.54. The molecule has 5 saturated carbocycles. The third kappa shape index (κ3) is 3.04. The molecule has 7 aliphatic carbocycles. The Morgan fingerprint density at radius 2 is 1.48 bits per heavy atom. The quantitative estimate of drug-likeness (QED) is 0.499. The third-order valence-electron chi connectivity index (χ3n) is 10.1. The van der Waals surface area contributed by atoms with E-state index in [0.717, 1.165) is 37.5 Å². The second-order valence-corrected chi connectivity index (χ2v) is 11.7. The molecule has 0 aliphatic heterocycles. The van der Waals surface area contributed by atoms with Crippen LogP contribution in [0.4, 0.5) is 4.39 Å². The van der Waals surface area contributed by atoms with Crippen LogP contribution in [0, 0.1) is 28.1 Å². The number of hydrogen-bond acceptors (Lipinski definition) is 1. The number of hydrogen-bond donors (Lipinski definition) is 0. The Bertz CT molecular complexity index is 579. The first-order valence-electron chi connectivity index (χ1n) is 11.9. The molecular formula is C25H39FO. The molecular weight excluding hydrogens is 335 g/mol. The van der Waals surface area contributed by atoms with E-state index in [9.17, 15) is 4.39 Å². The highest BCUT2D eigenvalue weighted by atomic mass is 19.1. The molecule has 0 radical (unpaired) electrons. The van der Waals surface area contributed by atoms with Crippen LogP contribution < -0.4 is 0 Å². The molecule has 0 atom stereocenters. The highest BCUT2D eigenvalue weighted by Crippen LogP contribution is 2.61. The van der Waals surface area contributed by atoms with Gasteiger partial charge in [-0.2, -0.15) is 0 Å². The van der Waals surface area contributed by atoms with E-state index in [2.05, 4.69) is 13.8 Å². The minimum absolute atomic E-state index is 0.0803. The molecule has 0 heterocycles. The maximum absolute atomic E-state index is 14.9. The molecule has 0 saturated heterocycles. The molecule has 152 valence electrons. The Morgan fingerprint density at radius 3 is 2.04 bits per heavy atom. The summed E-state index contributed by atoms with van der Waals surface area (Å²) in [6.45, 7) is 5.29. The Morgan fingerprint density at radius 1 is 0.889 bits per heavy atom. The first-order chi connectivity index (χ1) is 12.9. The second kappa shape index (κ2) is 6.31. The summed E-state index contributed by atoms with van der Waals surface area (Å²) in [7, 11) is 0. The van der Waals surface area contributed by atoms with Gasteiger partial charge in [-0.05, 0) is 106 Å². The van der Waals surface area contributed by atoms with E-state index in [0.29, 0.717) is 12.0 Å².